The van der Waals surface area contributed by atoms with Gasteiger partial charge in [0, 0.05) is 0 Å². The summed E-state index contributed by atoms with van der Waals surface area (Å²) in [7, 11) is -7.25. The first-order valence-corrected chi connectivity index (χ1v) is 13.0. The highest BCUT2D eigenvalue weighted by Gasteiger charge is 2.23. The van der Waals surface area contributed by atoms with Crippen LogP contribution in [0.1, 0.15) is 6.42 Å². The van der Waals surface area contributed by atoms with E-state index in [1.54, 1.807) is 24.3 Å². The van der Waals surface area contributed by atoms with Crippen molar-refractivity contribution in [1.29, 1.82) is 0 Å². The Hall–Kier alpha value is -1.88. The van der Waals surface area contributed by atoms with E-state index in [-0.39, 0.29) is 26.6 Å². The van der Waals surface area contributed by atoms with Gasteiger partial charge < -0.3 is 0 Å². The fourth-order valence-electron chi connectivity index (χ4n) is 2.58. The third kappa shape index (κ3) is 3.75. The molecular formula is C17H14N2O4S4. The highest BCUT2D eigenvalue weighted by atomic mass is 32.2. The minimum absolute atomic E-state index is 0.00346. The van der Waals surface area contributed by atoms with Crippen molar-refractivity contribution in [3.63, 3.8) is 0 Å². The van der Waals surface area contributed by atoms with Crippen molar-refractivity contribution >= 4 is 62.8 Å². The smallest absolute Gasteiger partial charge is 0.210 e. The molecule has 0 amide bonds. The SMILES string of the molecule is O=S(=O)(CCCS(=O)(=O)c1nc2ccccc2s1)c1nc2ccccc2s1. The minimum Gasteiger partial charge on any atom is -0.225 e. The number of sulfone groups is 2. The molecule has 10 heteroatoms. The zero-order valence-corrected chi connectivity index (χ0v) is 17.2. The van der Waals surface area contributed by atoms with Gasteiger partial charge in [-0.2, -0.15) is 0 Å². The zero-order chi connectivity index (χ0) is 19.1. The Balaban J connectivity index is 1.49. The molecule has 2 aromatic heterocycles. The van der Waals surface area contributed by atoms with Crippen LogP contribution in [0.5, 0.6) is 0 Å². The van der Waals surface area contributed by atoms with Crippen molar-refractivity contribution in [2.24, 2.45) is 0 Å². The number of aromatic nitrogens is 2. The topological polar surface area (TPSA) is 94.1 Å². The van der Waals surface area contributed by atoms with Gasteiger partial charge in [0.25, 0.3) is 0 Å². The summed E-state index contributed by atoms with van der Waals surface area (Å²) < 4.78 is 51.7. The largest absolute Gasteiger partial charge is 0.225 e. The number of nitrogens with zero attached hydrogens (tertiary/aromatic N) is 2. The maximum Gasteiger partial charge on any atom is 0.210 e. The first-order valence-electron chi connectivity index (χ1n) is 8.02. The summed E-state index contributed by atoms with van der Waals surface area (Å²) in [5.41, 5.74) is 1.26. The number of para-hydroxylation sites is 2. The van der Waals surface area contributed by atoms with Crippen molar-refractivity contribution in [1.82, 2.24) is 9.97 Å². The molecule has 4 aromatic rings. The van der Waals surface area contributed by atoms with Crippen LogP contribution in [0.25, 0.3) is 20.4 Å². The molecule has 2 heterocycles. The van der Waals surface area contributed by atoms with Crippen LogP contribution >= 0.6 is 22.7 Å². The first-order chi connectivity index (χ1) is 12.9. The van der Waals surface area contributed by atoms with E-state index < -0.39 is 19.7 Å². The highest BCUT2D eigenvalue weighted by molar-refractivity contribution is 7.94. The predicted molar refractivity (Wildman–Crippen MR) is 108 cm³/mol. The van der Waals surface area contributed by atoms with Gasteiger partial charge >= 0.3 is 0 Å². The molecule has 0 spiro atoms. The first kappa shape index (κ1) is 18.5. The standard InChI is InChI=1S/C17H14N2O4S4/c20-26(21,16-18-12-6-1-3-8-14(12)24-16)10-5-11-27(22,23)17-19-13-7-2-4-9-15(13)25-17/h1-4,6-9H,5,10-11H2. The van der Waals surface area contributed by atoms with E-state index in [1.807, 2.05) is 24.3 Å². The summed E-state index contributed by atoms with van der Waals surface area (Å²) in [6.45, 7) is 0. The average Bonchev–Trinajstić information content (AvgIpc) is 3.26. The maximum atomic E-state index is 12.5. The Morgan fingerprint density at radius 2 is 1.07 bits per heavy atom. The van der Waals surface area contributed by atoms with E-state index in [9.17, 15) is 16.8 Å². The molecule has 140 valence electrons. The van der Waals surface area contributed by atoms with Gasteiger partial charge in [-0.25, -0.2) is 26.8 Å². The Bertz CT molecular complexity index is 1170. The van der Waals surface area contributed by atoms with Gasteiger partial charge in [0.2, 0.25) is 28.4 Å². The zero-order valence-electron chi connectivity index (χ0n) is 13.9. The minimum atomic E-state index is -3.63. The van der Waals surface area contributed by atoms with Gasteiger partial charge in [-0.15, -0.1) is 22.7 Å². The average molecular weight is 439 g/mol. The predicted octanol–water partition coefficient (Wildman–Crippen LogP) is 3.54. The third-order valence-corrected chi connectivity index (χ3v) is 10.5. The Kier molecular flexibility index (Phi) is 4.75. The molecule has 0 unspecified atom stereocenters. The summed E-state index contributed by atoms with van der Waals surface area (Å²) in [5, 5.41) is 0. The molecule has 6 nitrogen and oxygen atoms in total. The fraction of sp³-hybridized carbons (Fsp3) is 0.176. The fourth-order valence-corrected chi connectivity index (χ4v) is 8.09. The van der Waals surface area contributed by atoms with Crippen molar-refractivity contribution in [2.75, 3.05) is 11.5 Å². The van der Waals surface area contributed by atoms with Crippen LogP contribution in [0.15, 0.2) is 57.2 Å². The molecule has 0 radical (unpaired) electrons. The second-order valence-corrected chi connectivity index (χ2v) is 12.5. The molecule has 27 heavy (non-hydrogen) atoms. The lowest BCUT2D eigenvalue weighted by Crippen LogP contribution is -2.13. The second kappa shape index (κ2) is 6.93. The van der Waals surface area contributed by atoms with Crippen LogP contribution in [-0.2, 0) is 19.7 Å². The van der Waals surface area contributed by atoms with Gasteiger partial charge in [0.05, 0.1) is 31.9 Å². The number of thiazole rings is 2. The van der Waals surface area contributed by atoms with Gasteiger partial charge in [-0.1, -0.05) is 24.3 Å². The number of fused-ring (bicyclic) bond motifs is 2. The molecule has 2 aromatic carbocycles. The van der Waals surface area contributed by atoms with E-state index in [0.29, 0.717) is 11.0 Å². The molecule has 0 aliphatic carbocycles. The molecule has 4 rings (SSSR count). The summed E-state index contributed by atoms with van der Waals surface area (Å²) >= 11 is 2.21. The normalized spacial score (nSPS) is 12.7. The molecular weight excluding hydrogens is 424 g/mol. The molecule has 0 aliphatic rings. The number of hydrogen-bond acceptors (Lipinski definition) is 8. The van der Waals surface area contributed by atoms with Crippen LogP contribution in [0, 0.1) is 0 Å². The summed E-state index contributed by atoms with van der Waals surface area (Å²) in [4.78, 5) is 8.31. The van der Waals surface area contributed by atoms with E-state index in [0.717, 1.165) is 32.1 Å². The van der Waals surface area contributed by atoms with Crippen LogP contribution in [0.2, 0.25) is 0 Å². The highest BCUT2D eigenvalue weighted by Crippen LogP contribution is 2.28. The molecule has 0 N–H and O–H groups in total. The van der Waals surface area contributed by atoms with Crippen LogP contribution < -0.4 is 0 Å². The number of rotatable bonds is 6. The lowest BCUT2D eigenvalue weighted by molar-refractivity contribution is 0.589. The molecule has 0 saturated carbocycles. The summed E-state index contributed by atoms with van der Waals surface area (Å²) in [6.07, 6.45) is -0.00346. The maximum absolute atomic E-state index is 12.5. The van der Waals surface area contributed by atoms with E-state index >= 15 is 0 Å². The molecule has 0 fully saturated rings. The Labute approximate surface area is 164 Å². The van der Waals surface area contributed by atoms with Gasteiger partial charge in [-0.05, 0) is 30.7 Å². The number of benzene rings is 2. The summed E-state index contributed by atoms with van der Waals surface area (Å²) in [6, 6.07) is 14.4. The van der Waals surface area contributed by atoms with E-state index in [4.69, 9.17) is 0 Å². The van der Waals surface area contributed by atoms with Crippen molar-refractivity contribution < 1.29 is 16.8 Å². The Morgan fingerprint density at radius 3 is 1.48 bits per heavy atom. The number of hydrogen-bond donors (Lipinski definition) is 0. The lowest BCUT2D eigenvalue weighted by Gasteiger charge is -2.01. The molecule has 0 saturated heterocycles. The Morgan fingerprint density at radius 1 is 0.667 bits per heavy atom. The van der Waals surface area contributed by atoms with Crippen molar-refractivity contribution in [3.8, 4) is 0 Å². The van der Waals surface area contributed by atoms with Gasteiger partial charge in [0.15, 0.2) is 0 Å². The second-order valence-electron chi connectivity index (χ2n) is 5.89. The lowest BCUT2D eigenvalue weighted by atomic mass is 10.3. The van der Waals surface area contributed by atoms with E-state index in [1.165, 1.54) is 0 Å². The van der Waals surface area contributed by atoms with Crippen LogP contribution in [-0.4, -0.2) is 38.3 Å². The van der Waals surface area contributed by atoms with Crippen LogP contribution in [0.3, 0.4) is 0 Å². The molecule has 0 atom stereocenters. The quantitative estimate of drug-likeness (QED) is 0.457. The van der Waals surface area contributed by atoms with Crippen molar-refractivity contribution in [3.05, 3.63) is 48.5 Å². The van der Waals surface area contributed by atoms with Crippen molar-refractivity contribution in [2.45, 2.75) is 15.1 Å². The molecule has 0 aliphatic heterocycles. The third-order valence-electron chi connectivity index (χ3n) is 3.91. The van der Waals surface area contributed by atoms with E-state index in [2.05, 4.69) is 9.97 Å². The molecule has 0 bridgehead atoms. The summed E-state index contributed by atoms with van der Waals surface area (Å²) in [5.74, 6) is -0.534. The van der Waals surface area contributed by atoms with Gasteiger partial charge in [0.1, 0.15) is 0 Å². The monoisotopic (exact) mass is 438 g/mol. The van der Waals surface area contributed by atoms with Gasteiger partial charge in [-0.3, -0.25) is 0 Å². The van der Waals surface area contributed by atoms with Crippen LogP contribution in [0.4, 0.5) is 0 Å².